The molecular weight excluding hydrogens is 805 g/mol. The summed E-state index contributed by atoms with van der Waals surface area (Å²) in [6.45, 7) is 6.57. The molecule has 0 heterocycles. The van der Waals surface area contributed by atoms with Gasteiger partial charge in [-0.2, -0.15) is 0 Å². The zero-order valence-corrected chi connectivity index (χ0v) is 43.0. The minimum Gasteiger partial charge on any atom is -0.462 e. The Morgan fingerprint density at radius 2 is 0.646 bits per heavy atom. The van der Waals surface area contributed by atoms with E-state index in [-0.39, 0.29) is 37.5 Å². The SMILES string of the molecule is CCCCCCC\C=C/C=C\C=C/CCCCCCCC(=O)OCC(COC(=O)CC/C=C\C/C=C\CCCCCCCC)OC(=O)CCCCCCCCCCCCCCCCCC. The van der Waals surface area contributed by atoms with E-state index in [9.17, 15) is 14.4 Å². The van der Waals surface area contributed by atoms with Crippen molar-refractivity contribution in [1.82, 2.24) is 0 Å². The first-order valence-electron chi connectivity index (χ1n) is 27.8. The molecule has 0 saturated carbocycles. The smallest absolute Gasteiger partial charge is 0.306 e. The number of ether oxygens (including phenoxy) is 3. The highest BCUT2D eigenvalue weighted by Gasteiger charge is 2.19. The Balaban J connectivity index is 4.44. The fourth-order valence-corrected chi connectivity index (χ4v) is 7.85. The molecule has 0 amide bonds. The topological polar surface area (TPSA) is 78.9 Å². The van der Waals surface area contributed by atoms with Gasteiger partial charge in [-0.25, -0.2) is 0 Å². The molecule has 1 unspecified atom stereocenters. The van der Waals surface area contributed by atoms with Crippen molar-refractivity contribution in [2.75, 3.05) is 13.2 Å². The zero-order valence-electron chi connectivity index (χ0n) is 43.0. The Bertz CT molecular complexity index is 1180. The van der Waals surface area contributed by atoms with E-state index in [4.69, 9.17) is 14.2 Å². The number of esters is 3. The van der Waals surface area contributed by atoms with Crippen LogP contribution in [0, 0.1) is 0 Å². The van der Waals surface area contributed by atoms with E-state index in [1.165, 1.54) is 161 Å². The van der Waals surface area contributed by atoms with Crippen molar-refractivity contribution in [2.24, 2.45) is 0 Å². The molecule has 0 N–H and O–H groups in total. The van der Waals surface area contributed by atoms with Crippen LogP contribution in [0.25, 0.3) is 0 Å². The van der Waals surface area contributed by atoms with Crippen LogP contribution in [-0.4, -0.2) is 37.2 Å². The summed E-state index contributed by atoms with van der Waals surface area (Å²) in [5.74, 6) is -0.978. The van der Waals surface area contributed by atoms with E-state index in [0.29, 0.717) is 19.3 Å². The Labute approximate surface area is 402 Å². The molecule has 6 nitrogen and oxygen atoms in total. The second-order valence-corrected chi connectivity index (χ2v) is 18.6. The quantitative estimate of drug-likeness (QED) is 0.0199. The van der Waals surface area contributed by atoms with Gasteiger partial charge in [0.15, 0.2) is 6.10 Å². The van der Waals surface area contributed by atoms with E-state index in [1.54, 1.807) is 0 Å². The summed E-state index contributed by atoms with van der Waals surface area (Å²) < 4.78 is 16.8. The first-order chi connectivity index (χ1) is 32.0. The summed E-state index contributed by atoms with van der Waals surface area (Å²) in [5.41, 5.74) is 0. The monoisotopic (exact) mass is 909 g/mol. The number of carbonyl (C=O) groups is 3. The molecule has 0 aliphatic carbocycles. The van der Waals surface area contributed by atoms with Gasteiger partial charge in [-0.15, -0.1) is 0 Å². The molecule has 0 bridgehead atoms. The lowest BCUT2D eigenvalue weighted by Gasteiger charge is -2.18. The van der Waals surface area contributed by atoms with Crippen molar-refractivity contribution in [3.8, 4) is 0 Å². The number of allylic oxidation sites excluding steroid dienone is 10. The van der Waals surface area contributed by atoms with Gasteiger partial charge in [0.2, 0.25) is 0 Å². The standard InChI is InChI=1S/C59H104O6/c1-4-7-10-13-16-19-22-25-27-29-30-32-34-37-40-43-46-49-52-58(61)64-55-56(54-63-57(60)51-48-45-42-39-36-33-24-21-18-15-12-9-6-3)65-59(62)53-50-47-44-41-38-35-31-28-26-23-20-17-14-11-8-5-2/h22,25,27,29-30,32-33,36,42,45,56H,4-21,23-24,26,28,31,34-35,37-41,43-44,46-55H2,1-3H3/b25-22-,29-27-,32-30-,36-33-,45-42-. The molecule has 376 valence electrons. The van der Waals surface area contributed by atoms with E-state index >= 15 is 0 Å². The Morgan fingerprint density at radius 1 is 0.323 bits per heavy atom. The molecule has 0 spiro atoms. The number of rotatable bonds is 50. The fourth-order valence-electron chi connectivity index (χ4n) is 7.85. The molecule has 0 aromatic carbocycles. The van der Waals surface area contributed by atoms with Crippen LogP contribution in [0.15, 0.2) is 60.8 Å². The van der Waals surface area contributed by atoms with Crippen LogP contribution in [0.5, 0.6) is 0 Å². The highest BCUT2D eigenvalue weighted by molar-refractivity contribution is 5.71. The Morgan fingerprint density at radius 3 is 1.06 bits per heavy atom. The molecule has 6 heteroatoms. The van der Waals surface area contributed by atoms with E-state index < -0.39 is 6.10 Å². The van der Waals surface area contributed by atoms with Gasteiger partial charge < -0.3 is 14.2 Å². The van der Waals surface area contributed by atoms with Crippen LogP contribution in [0.1, 0.15) is 278 Å². The van der Waals surface area contributed by atoms with Crippen molar-refractivity contribution < 1.29 is 28.6 Å². The third-order valence-corrected chi connectivity index (χ3v) is 12.1. The molecule has 0 aromatic heterocycles. The average molecular weight is 909 g/mol. The van der Waals surface area contributed by atoms with Crippen molar-refractivity contribution in [3.63, 3.8) is 0 Å². The number of hydrogen-bond donors (Lipinski definition) is 0. The lowest BCUT2D eigenvalue weighted by atomic mass is 10.0. The van der Waals surface area contributed by atoms with Crippen LogP contribution in [0.4, 0.5) is 0 Å². The molecule has 0 radical (unpaired) electrons. The van der Waals surface area contributed by atoms with Gasteiger partial charge >= 0.3 is 17.9 Å². The molecule has 0 aliphatic rings. The minimum atomic E-state index is -0.803. The van der Waals surface area contributed by atoms with E-state index in [2.05, 4.69) is 75.5 Å². The summed E-state index contributed by atoms with van der Waals surface area (Å²) in [5, 5.41) is 0. The maximum Gasteiger partial charge on any atom is 0.306 e. The third kappa shape index (κ3) is 51.9. The van der Waals surface area contributed by atoms with Gasteiger partial charge in [-0.05, 0) is 64.2 Å². The van der Waals surface area contributed by atoms with Crippen molar-refractivity contribution >= 4 is 17.9 Å². The lowest BCUT2D eigenvalue weighted by molar-refractivity contribution is -0.166. The predicted octanol–water partition coefficient (Wildman–Crippen LogP) is 18.4. The fraction of sp³-hybridized carbons (Fsp3) is 0.780. The van der Waals surface area contributed by atoms with E-state index in [0.717, 1.165) is 70.6 Å². The van der Waals surface area contributed by atoms with Crippen LogP contribution in [0.2, 0.25) is 0 Å². The maximum absolute atomic E-state index is 12.8. The molecule has 0 rings (SSSR count). The number of unbranched alkanes of at least 4 members (excludes halogenated alkanes) is 31. The largest absolute Gasteiger partial charge is 0.462 e. The summed E-state index contributed by atoms with van der Waals surface area (Å²) in [4.78, 5) is 38.0. The summed E-state index contributed by atoms with van der Waals surface area (Å²) in [7, 11) is 0. The second kappa shape index (κ2) is 53.7. The normalized spacial score (nSPS) is 12.5. The van der Waals surface area contributed by atoms with E-state index in [1.807, 2.05) is 6.08 Å². The first kappa shape index (κ1) is 62.1. The van der Waals surface area contributed by atoms with Gasteiger partial charge in [0.1, 0.15) is 13.2 Å². The van der Waals surface area contributed by atoms with Gasteiger partial charge in [-0.1, -0.05) is 255 Å². The second-order valence-electron chi connectivity index (χ2n) is 18.6. The number of hydrogen-bond acceptors (Lipinski definition) is 6. The molecule has 0 aliphatic heterocycles. The highest BCUT2D eigenvalue weighted by Crippen LogP contribution is 2.16. The predicted molar refractivity (Wildman–Crippen MR) is 279 cm³/mol. The van der Waals surface area contributed by atoms with Gasteiger partial charge in [0.25, 0.3) is 0 Å². The van der Waals surface area contributed by atoms with Gasteiger partial charge in [0.05, 0.1) is 0 Å². The van der Waals surface area contributed by atoms with Gasteiger partial charge in [-0.3, -0.25) is 14.4 Å². The van der Waals surface area contributed by atoms with Crippen molar-refractivity contribution in [3.05, 3.63) is 60.8 Å². The highest BCUT2D eigenvalue weighted by atomic mass is 16.6. The summed E-state index contributed by atoms with van der Waals surface area (Å²) in [6.07, 6.45) is 66.5. The summed E-state index contributed by atoms with van der Waals surface area (Å²) >= 11 is 0. The maximum atomic E-state index is 12.8. The molecule has 0 aromatic rings. The summed E-state index contributed by atoms with van der Waals surface area (Å²) in [6, 6.07) is 0. The lowest BCUT2D eigenvalue weighted by Crippen LogP contribution is -2.30. The Kier molecular flexibility index (Phi) is 51.3. The average Bonchev–Trinajstić information content (AvgIpc) is 3.30. The van der Waals surface area contributed by atoms with Crippen molar-refractivity contribution in [1.29, 1.82) is 0 Å². The van der Waals surface area contributed by atoms with Crippen LogP contribution in [0.3, 0.4) is 0 Å². The van der Waals surface area contributed by atoms with Crippen LogP contribution < -0.4 is 0 Å². The van der Waals surface area contributed by atoms with Crippen molar-refractivity contribution in [2.45, 2.75) is 284 Å². The molecule has 0 saturated heterocycles. The molecule has 65 heavy (non-hydrogen) atoms. The Hall–Kier alpha value is -2.89. The van der Waals surface area contributed by atoms with Crippen LogP contribution >= 0.6 is 0 Å². The third-order valence-electron chi connectivity index (χ3n) is 12.1. The van der Waals surface area contributed by atoms with Gasteiger partial charge in [0, 0.05) is 19.3 Å². The first-order valence-corrected chi connectivity index (χ1v) is 27.8. The molecule has 0 fully saturated rings. The molecule has 1 atom stereocenters. The van der Waals surface area contributed by atoms with Crippen LogP contribution in [-0.2, 0) is 28.6 Å². The number of carbonyl (C=O) groups excluding carboxylic acids is 3. The zero-order chi connectivity index (χ0) is 47.2. The minimum absolute atomic E-state index is 0.0998. The molecular formula is C59H104O6.